The topological polar surface area (TPSA) is 47.0 Å². The molecule has 0 amide bonds. The molecular formula is C16H20IN3O. The smallest absolute Gasteiger partial charge is 0.227 e. The minimum atomic E-state index is -0.138. The lowest BCUT2D eigenvalue weighted by molar-refractivity contribution is 0.440. The summed E-state index contributed by atoms with van der Waals surface area (Å²) >= 11 is 2.26. The highest BCUT2D eigenvalue weighted by molar-refractivity contribution is 14.1. The maximum atomic E-state index is 6.02. The Labute approximate surface area is 139 Å². The van der Waals surface area contributed by atoms with Gasteiger partial charge in [0.1, 0.15) is 17.4 Å². The van der Waals surface area contributed by atoms with E-state index < -0.39 is 0 Å². The molecule has 1 aromatic heterocycles. The Kier molecular flexibility index (Phi) is 4.70. The molecule has 0 radical (unpaired) electrons. The molecule has 112 valence electrons. The van der Waals surface area contributed by atoms with E-state index in [-0.39, 0.29) is 5.41 Å². The number of ether oxygens (including phenoxy) is 1. The molecule has 4 nitrogen and oxygen atoms in total. The second-order valence-corrected chi connectivity index (χ2v) is 7.02. The molecule has 21 heavy (non-hydrogen) atoms. The van der Waals surface area contributed by atoms with Gasteiger partial charge in [0.05, 0.1) is 9.13 Å². The van der Waals surface area contributed by atoms with Gasteiger partial charge in [0.2, 0.25) is 5.88 Å². The second-order valence-electron chi connectivity index (χ2n) is 5.86. The van der Waals surface area contributed by atoms with Gasteiger partial charge in [0.25, 0.3) is 0 Å². The van der Waals surface area contributed by atoms with Gasteiger partial charge in [-0.25, -0.2) is 4.98 Å². The van der Waals surface area contributed by atoms with Gasteiger partial charge in [0.15, 0.2) is 0 Å². The highest BCUT2D eigenvalue weighted by Crippen LogP contribution is 2.32. The maximum absolute atomic E-state index is 6.02. The average Bonchev–Trinajstić information content (AvgIpc) is 2.42. The first-order valence-electron chi connectivity index (χ1n) is 6.82. The molecule has 0 saturated heterocycles. The van der Waals surface area contributed by atoms with Crippen molar-refractivity contribution in [3.05, 3.63) is 39.2 Å². The molecule has 0 fully saturated rings. The van der Waals surface area contributed by atoms with Gasteiger partial charge in [-0.1, -0.05) is 32.9 Å². The third-order valence-electron chi connectivity index (χ3n) is 3.05. The van der Waals surface area contributed by atoms with Crippen LogP contribution in [0.5, 0.6) is 11.6 Å². The molecular weight excluding hydrogens is 377 g/mol. The van der Waals surface area contributed by atoms with Crippen molar-refractivity contribution in [3.8, 4) is 11.6 Å². The Morgan fingerprint density at radius 1 is 1.14 bits per heavy atom. The molecule has 5 heteroatoms. The third kappa shape index (κ3) is 3.64. The Hall–Kier alpha value is -1.37. The second kappa shape index (κ2) is 6.17. The van der Waals surface area contributed by atoms with Crippen LogP contribution >= 0.6 is 22.6 Å². The summed E-state index contributed by atoms with van der Waals surface area (Å²) in [5, 5.41) is 3.12. The summed E-state index contributed by atoms with van der Waals surface area (Å²) < 4.78 is 7.07. The van der Waals surface area contributed by atoms with E-state index in [9.17, 15) is 0 Å². The molecule has 1 aromatic carbocycles. The summed E-state index contributed by atoms with van der Waals surface area (Å²) in [6.45, 7) is 8.23. The fraction of sp³-hybridized carbons (Fsp3) is 0.375. The number of para-hydroxylation sites is 1. The predicted octanol–water partition coefficient (Wildman–Crippen LogP) is 4.52. The largest absolute Gasteiger partial charge is 0.437 e. The summed E-state index contributed by atoms with van der Waals surface area (Å²) in [6, 6.07) is 7.90. The number of hydrogen-bond acceptors (Lipinski definition) is 4. The summed E-state index contributed by atoms with van der Waals surface area (Å²) in [6.07, 6.45) is 0. The number of rotatable bonds is 3. The summed E-state index contributed by atoms with van der Waals surface area (Å²) in [5.74, 6) is 2.97. The van der Waals surface area contributed by atoms with Crippen molar-refractivity contribution in [2.45, 2.75) is 33.1 Å². The van der Waals surface area contributed by atoms with E-state index in [1.54, 1.807) is 0 Å². The first kappa shape index (κ1) is 16.0. The normalized spacial score (nSPS) is 11.3. The van der Waals surface area contributed by atoms with Crippen LogP contribution in [0.3, 0.4) is 0 Å². The van der Waals surface area contributed by atoms with Crippen molar-refractivity contribution < 1.29 is 4.74 Å². The highest BCUT2D eigenvalue weighted by Gasteiger charge is 2.22. The van der Waals surface area contributed by atoms with E-state index >= 15 is 0 Å². The van der Waals surface area contributed by atoms with Crippen molar-refractivity contribution in [2.75, 3.05) is 12.4 Å². The summed E-state index contributed by atoms with van der Waals surface area (Å²) in [5.41, 5.74) is 0.770. The van der Waals surface area contributed by atoms with E-state index in [1.165, 1.54) is 0 Å². The zero-order valence-corrected chi connectivity index (χ0v) is 15.1. The van der Waals surface area contributed by atoms with Crippen molar-refractivity contribution in [3.63, 3.8) is 0 Å². The lowest BCUT2D eigenvalue weighted by Crippen LogP contribution is -2.18. The Morgan fingerprint density at radius 2 is 1.81 bits per heavy atom. The SMILES string of the molecule is CNc1nc(C(C)(C)C)nc(Oc2ccccc2I)c1C. The van der Waals surface area contributed by atoms with E-state index in [0.717, 1.165) is 26.5 Å². The molecule has 0 saturated carbocycles. The van der Waals surface area contributed by atoms with Crippen LogP contribution < -0.4 is 10.1 Å². The maximum Gasteiger partial charge on any atom is 0.227 e. The quantitative estimate of drug-likeness (QED) is 0.774. The number of hydrogen-bond donors (Lipinski definition) is 1. The van der Waals surface area contributed by atoms with Crippen molar-refractivity contribution in [2.24, 2.45) is 0 Å². The van der Waals surface area contributed by atoms with Gasteiger partial charge < -0.3 is 10.1 Å². The van der Waals surface area contributed by atoms with Crippen LogP contribution in [0.25, 0.3) is 0 Å². The molecule has 0 bridgehead atoms. The van der Waals surface area contributed by atoms with Crippen molar-refractivity contribution in [1.82, 2.24) is 9.97 Å². The fourth-order valence-corrected chi connectivity index (χ4v) is 2.30. The average molecular weight is 397 g/mol. The Bertz CT molecular complexity index is 650. The number of nitrogens with zero attached hydrogens (tertiary/aromatic N) is 2. The van der Waals surface area contributed by atoms with Gasteiger partial charge in [-0.05, 0) is 41.6 Å². The van der Waals surface area contributed by atoms with Crippen LogP contribution in [0.15, 0.2) is 24.3 Å². The molecule has 0 aliphatic carbocycles. The molecule has 1 N–H and O–H groups in total. The van der Waals surface area contributed by atoms with Crippen molar-refractivity contribution >= 4 is 28.4 Å². The minimum Gasteiger partial charge on any atom is -0.437 e. The molecule has 1 heterocycles. The van der Waals surface area contributed by atoms with Crippen LogP contribution in [0.2, 0.25) is 0 Å². The molecule has 2 aromatic rings. The number of aromatic nitrogens is 2. The lowest BCUT2D eigenvalue weighted by Gasteiger charge is -2.20. The molecule has 0 aliphatic heterocycles. The molecule has 0 atom stereocenters. The highest BCUT2D eigenvalue weighted by atomic mass is 127. The van der Waals surface area contributed by atoms with Gasteiger partial charge in [0, 0.05) is 12.5 Å². The van der Waals surface area contributed by atoms with Gasteiger partial charge in [-0.2, -0.15) is 4.98 Å². The van der Waals surface area contributed by atoms with E-state index in [2.05, 4.69) is 58.6 Å². The Morgan fingerprint density at radius 3 is 2.38 bits per heavy atom. The molecule has 0 aliphatic rings. The molecule has 2 rings (SSSR count). The van der Waals surface area contributed by atoms with Crippen LogP contribution in [0.1, 0.15) is 32.2 Å². The summed E-state index contributed by atoms with van der Waals surface area (Å²) in [7, 11) is 1.86. The number of anilines is 1. The predicted molar refractivity (Wildman–Crippen MR) is 94.2 cm³/mol. The van der Waals surface area contributed by atoms with Crippen LogP contribution in [-0.2, 0) is 5.41 Å². The van der Waals surface area contributed by atoms with Crippen LogP contribution in [0.4, 0.5) is 5.82 Å². The van der Waals surface area contributed by atoms with Gasteiger partial charge >= 0.3 is 0 Å². The third-order valence-corrected chi connectivity index (χ3v) is 3.94. The molecule has 0 spiro atoms. The van der Waals surface area contributed by atoms with Crippen LogP contribution in [0, 0.1) is 10.5 Å². The first-order valence-corrected chi connectivity index (χ1v) is 7.90. The minimum absolute atomic E-state index is 0.138. The standard InChI is InChI=1S/C16H20IN3O/c1-10-13(18-5)19-15(16(2,3)4)20-14(10)21-12-9-7-6-8-11(12)17/h6-9H,1-5H3,(H,18,19,20). The Balaban J connectivity index is 2.50. The lowest BCUT2D eigenvalue weighted by atomic mass is 9.95. The van der Waals surface area contributed by atoms with E-state index in [1.807, 2.05) is 38.2 Å². The fourth-order valence-electron chi connectivity index (χ4n) is 1.81. The first-order chi connectivity index (χ1) is 9.82. The van der Waals surface area contributed by atoms with Gasteiger partial charge in [-0.15, -0.1) is 0 Å². The number of benzene rings is 1. The number of halogens is 1. The zero-order chi connectivity index (χ0) is 15.6. The van der Waals surface area contributed by atoms with Crippen LogP contribution in [-0.4, -0.2) is 17.0 Å². The van der Waals surface area contributed by atoms with Crippen molar-refractivity contribution in [1.29, 1.82) is 0 Å². The van der Waals surface area contributed by atoms with E-state index in [0.29, 0.717) is 5.88 Å². The van der Waals surface area contributed by atoms with E-state index in [4.69, 9.17) is 4.74 Å². The number of nitrogens with one attached hydrogen (secondary N) is 1. The monoisotopic (exact) mass is 397 g/mol. The van der Waals surface area contributed by atoms with Gasteiger partial charge in [-0.3, -0.25) is 0 Å². The zero-order valence-electron chi connectivity index (χ0n) is 13.0. The summed E-state index contributed by atoms with van der Waals surface area (Å²) in [4.78, 5) is 9.19. The molecule has 0 unspecified atom stereocenters.